The zero-order chi connectivity index (χ0) is 12.5. The fourth-order valence-electron chi connectivity index (χ4n) is 1.87. The number of H-pyrrole nitrogens is 1. The van der Waals surface area contributed by atoms with Crippen molar-refractivity contribution in [2.75, 3.05) is 7.11 Å². The lowest BCUT2D eigenvalue weighted by molar-refractivity contribution is 0.380. The summed E-state index contributed by atoms with van der Waals surface area (Å²) in [5.41, 5.74) is 7.22. The van der Waals surface area contributed by atoms with Gasteiger partial charge < -0.3 is 20.0 Å². The Morgan fingerprint density at radius 1 is 1.44 bits per heavy atom. The van der Waals surface area contributed by atoms with E-state index in [0.29, 0.717) is 17.5 Å². The smallest absolute Gasteiger partial charge is 0.240 e. The molecule has 3 N–H and O–H groups in total. The van der Waals surface area contributed by atoms with E-state index in [2.05, 4.69) is 15.1 Å². The number of hydrogen-bond acceptors (Lipinski definition) is 5. The van der Waals surface area contributed by atoms with E-state index in [-0.39, 0.29) is 6.54 Å². The van der Waals surface area contributed by atoms with Gasteiger partial charge >= 0.3 is 0 Å². The summed E-state index contributed by atoms with van der Waals surface area (Å²) >= 11 is 0. The molecule has 0 fully saturated rings. The monoisotopic (exact) mass is 244 g/mol. The fraction of sp³-hybridized carbons (Fsp3) is 0.167. The van der Waals surface area contributed by atoms with Gasteiger partial charge in [-0.3, -0.25) is 0 Å². The molecule has 0 spiro atoms. The molecule has 0 aliphatic carbocycles. The van der Waals surface area contributed by atoms with Gasteiger partial charge in [0.1, 0.15) is 5.75 Å². The van der Waals surface area contributed by atoms with Crippen LogP contribution in [0, 0.1) is 0 Å². The summed E-state index contributed by atoms with van der Waals surface area (Å²) in [6, 6.07) is 5.84. The Labute approximate surface area is 103 Å². The minimum absolute atomic E-state index is 0.222. The number of rotatable bonds is 3. The maximum Gasteiger partial charge on any atom is 0.240 e. The van der Waals surface area contributed by atoms with Crippen molar-refractivity contribution in [2.24, 2.45) is 5.73 Å². The van der Waals surface area contributed by atoms with Crippen LogP contribution in [0.1, 0.15) is 5.89 Å². The highest BCUT2D eigenvalue weighted by molar-refractivity contribution is 5.87. The van der Waals surface area contributed by atoms with E-state index in [1.54, 1.807) is 7.11 Å². The SMILES string of the molecule is COc1cc2cc[nH]c2cc1-c1noc(CN)n1. The summed E-state index contributed by atoms with van der Waals surface area (Å²) in [5.74, 6) is 1.58. The zero-order valence-electron chi connectivity index (χ0n) is 9.80. The molecule has 0 saturated heterocycles. The minimum atomic E-state index is 0.222. The highest BCUT2D eigenvalue weighted by Gasteiger charge is 2.14. The van der Waals surface area contributed by atoms with Crippen LogP contribution in [0.5, 0.6) is 5.75 Å². The molecule has 0 amide bonds. The van der Waals surface area contributed by atoms with E-state index >= 15 is 0 Å². The molecule has 0 radical (unpaired) electrons. The first-order valence-electron chi connectivity index (χ1n) is 5.50. The van der Waals surface area contributed by atoms with Gasteiger partial charge in [0.05, 0.1) is 19.2 Å². The Morgan fingerprint density at radius 3 is 3.06 bits per heavy atom. The maximum atomic E-state index is 5.45. The summed E-state index contributed by atoms with van der Waals surface area (Å²) in [6.07, 6.45) is 1.87. The number of nitrogens with two attached hydrogens (primary N) is 1. The average Bonchev–Trinajstić information content (AvgIpc) is 3.05. The van der Waals surface area contributed by atoms with Crippen LogP contribution < -0.4 is 10.5 Å². The number of aromatic amines is 1. The quantitative estimate of drug-likeness (QED) is 0.731. The Kier molecular flexibility index (Phi) is 2.49. The summed E-state index contributed by atoms with van der Waals surface area (Å²) in [4.78, 5) is 7.34. The summed E-state index contributed by atoms with van der Waals surface area (Å²) in [5, 5.41) is 4.96. The van der Waals surface area contributed by atoms with Gasteiger partial charge in [-0.05, 0) is 18.2 Å². The third-order valence-corrected chi connectivity index (χ3v) is 2.76. The van der Waals surface area contributed by atoms with Crippen molar-refractivity contribution in [2.45, 2.75) is 6.54 Å². The van der Waals surface area contributed by atoms with Gasteiger partial charge in [-0.25, -0.2) is 0 Å². The van der Waals surface area contributed by atoms with Crippen LogP contribution in [-0.2, 0) is 6.54 Å². The van der Waals surface area contributed by atoms with Crippen LogP contribution in [0.2, 0.25) is 0 Å². The molecule has 2 heterocycles. The number of benzene rings is 1. The molecule has 0 atom stereocenters. The average molecular weight is 244 g/mol. The van der Waals surface area contributed by atoms with Crippen molar-refractivity contribution < 1.29 is 9.26 Å². The van der Waals surface area contributed by atoms with Crippen molar-refractivity contribution >= 4 is 10.9 Å². The van der Waals surface area contributed by atoms with Gasteiger partial charge in [-0.1, -0.05) is 5.16 Å². The fourth-order valence-corrected chi connectivity index (χ4v) is 1.87. The van der Waals surface area contributed by atoms with Crippen molar-refractivity contribution in [3.05, 3.63) is 30.3 Å². The van der Waals surface area contributed by atoms with Gasteiger partial charge in [0.2, 0.25) is 11.7 Å². The molecular formula is C12H12N4O2. The topological polar surface area (TPSA) is 90.0 Å². The lowest BCUT2D eigenvalue weighted by Gasteiger charge is -2.05. The van der Waals surface area contributed by atoms with Gasteiger partial charge in [0, 0.05) is 17.1 Å². The van der Waals surface area contributed by atoms with Crippen LogP contribution in [0.15, 0.2) is 28.9 Å². The van der Waals surface area contributed by atoms with Crippen LogP contribution >= 0.6 is 0 Å². The van der Waals surface area contributed by atoms with Crippen LogP contribution in [0.4, 0.5) is 0 Å². The highest BCUT2D eigenvalue weighted by Crippen LogP contribution is 2.32. The van der Waals surface area contributed by atoms with Crippen LogP contribution in [0.25, 0.3) is 22.3 Å². The zero-order valence-corrected chi connectivity index (χ0v) is 9.80. The third kappa shape index (κ3) is 1.63. The number of hydrogen-bond donors (Lipinski definition) is 2. The standard InChI is InChI=1S/C12H12N4O2/c1-17-10-4-7-2-3-14-9(7)5-8(10)12-15-11(6-13)18-16-12/h2-5,14H,6,13H2,1H3. The Balaban J connectivity index is 2.19. The highest BCUT2D eigenvalue weighted by atomic mass is 16.5. The van der Waals surface area contributed by atoms with Crippen molar-refractivity contribution in [1.29, 1.82) is 0 Å². The second-order valence-corrected chi connectivity index (χ2v) is 3.83. The van der Waals surface area contributed by atoms with Gasteiger partial charge in [0.15, 0.2) is 0 Å². The van der Waals surface area contributed by atoms with Crippen molar-refractivity contribution in [3.63, 3.8) is 0 Å². The normalized spacial score (nSPS) is 11.0. The minimum Gasteiger partial charge on any atom is -0.496 e. The molecule has 0 aliphatic heterocycles. The Bertz CT molecular complexity index is 686. The van der Waals surface area contributed by atoms with Crippen LogP contribution in [0.3, 0.4) is 0 Å². The molecule has 3 aromatic rings. The lowest BCUT2D eigenvalue weighted by Crippen LogP contribution is -1.96. The van der Waals surface area contributed by atoms with E-state index in [1.807, 2.05) is 24.4 Å². The van der Waals surface area contributed by atoms with Crippen LogP contribution in [-0.4, -0.2) is 22.2 Å². The second-order valence-electron chi connectivity index (χ2n) is 3.83. The van der Waals surface area contributed by atoms with Gasteiger partial charge in [-0.15, -0.1) is 0 Å². The van der Waals surface area contributed by atoms with E-state index in [1.165, 1.54) is 0 Å². The Morgan fingerprint density at radius 2 is 2.33 bits per heavy atom. The van der Waals surface area contributed by atoms with E-state index in [4.69, 9.17) is 15.0 Å². The number of fused-ring (bicyclic) bond motifs is 1. The Hall–Kier alpha value is -2.34. The molecule has 3 rings (SSSR count). The molecule has 6 nitrogen and oxygen atoms in total. The number of nitrogens with one attached hydrogen (secondary N) is 1. The number of aromatic nitrogens is 3. The predicted octanol–water partition coefficient (Wildman–Crippen LogP) is 1.69. The van der Waals surface area contributed by atoms with Gasteiger partial charge in [-0.2, -0.15) is 4.98 Å². The summed E-state index contributed by atoms with van der Waals surface area (Å²) in [6.45, 7) is 0.222. The molecule has 6 heteroatoms. The predicted molar refractivity (Wildman–Crippen MR) is 66.0 cm³/mol. The molecule has 0 saturated carbocycles. The number of ether oxygens (including phenoxy) is 1. The number of nitrogens with zero attached hydrogens (tertiary/aromatic N) is 2. The molecule has 2 aromatic heterocycles. The van der Waals surface area contributed by atoms with E-state index < -0.39 is 0 Å². The van der Waals surface area contributed by atoms with Crippen molar-refractivity contribution in [3.8, 4) is 17.1 Å². The molecule has 0 bridgehead atoms. The molecule has 0 aliphatic rings. The molecular weight excluding hydrogens is 232 g/mol. The number of methoxy groups -OCH3 is 1. The first-order chi connectivity index (χ1) is 8.81. The lowest BCUT2D eigenvalue weighted by atomic mass is 10.1. The molecule has 18 heavy (non-hydrogen) atoms. The van der Waals surface area contributed by atoms with E-state index in [9.17, 15) is 0 Å². The van der Waals surface area contributed by atoms with E-state index in [0.717, 1.165) is 16.5 Å². The molecule has 0 unspecified atom stereocenters. The first kappa shape index (κ1) is 10.8. The molecule has 92 valence electrons. The summed E-state index contributed by atoms with van der Waals surface area (Å²) < 4.78 is 10.4. The summed E-state index contributed by atoms with van der Waals surface area (Å²) in [7, 11) is 1.61. The largest absolute Gasteiger partial charge is 0.496 e. The second kappa shape index (κ2) is 4.15. The first-order valence-corrected chi connectivity index (χ1v) is 5.50. The third-order valence-electron chi connectivity index (χ3n) is 2.76. The van der Waals surface area contributed by atoms with Gasteiger partial charge in [0.25, 0.3) is 0 Å². The maximum absolute atomic E-state index is 5.45. The molecule has 1 aromatic carbocycles. The van der Waals surface area contributed by atoms with Crippen molar-refractivity contribution in [1.82, 2.24) is 15.1 Å².